The van der Waals surface area contributed by atoms with Gasteiger partial charge in [-0.2, -0.15) is 0 Å². The zero-order chi connectivity index (χ0) is 24.9. The van der Waals surface area contributed by atoms with Gasteiger partial charge in [-0.25, -0.2) is 4.98 Å². The summed E-state index contributed by atoms with van der Waals surface area (Å²) in [5, 5.41) is 21.1. The summed E-state index contributed by atoms with van der Waals surface area (Å²) in [4.78, 5) is 31.9. The quantitative estimate of drug-likeness (QED) is 0.391. The fourth-order valence-electron chi connectivity index (χ4n) is 4.06. The maximum absolute atomic E-state index is 13.3. The highest BCUT2D eigenvalue weighted by Gasteiger charge is 2.43. The van der Waals surface area contributed by atoms with Crippen LogP contribution in [0.15, 0.2) is 83.1 Å². The third-order valence-electron chi connectivity index (χ3n) is 5.76. The predicted octanol–water partition coefficient (Wildman–Crippen LogP) is 4.43. The van der Waals surface area contributed by atoms with Crippen LogP contribution in [0.25, 0.3) is 6.08 Å². The minimum Gasteiger partial charge on any atom is -0.503 e. The number of aromatic nitrogens is 2. The molecule has 9 heteroatoms. The van der Waals surface area contributed by atoms with Crippen LogP contribution < -0.4 is 4.74 Å². The van der Waals surface area contributed by atoms with Gasteiger partial charge in [0, 0.05) is 25.5 Å². The molecule has 1 aliphatic rings. The third kappa shape index (κ3) is 5.14. The topological polar surface area (TPSA) is 105 Å². The molecule has 1 atom stereocenters. The van der Waals surface area contributed by atoms with Gasteiger partial charge in [-0.05, 0) is 51.7 Å². The van der Waals surface area contributed by atoms with Crippen molar-refractivity contribution in [1.82, 2.24) is 14.5 Å². The first kappa shape index (κ1) is 24.3. The molecule has 0 radical (unpaired) electrons. The van der Waals surface area contributed by atoms with Crippen LogP contribution in [0.3, 0.4) is 0 Å². The van der Waals surface area contributed by atoms with E-state index in [4.69, 9.17) is 4.74 Å². The van der Waals surface area contributed by atoms with Crippen molar-refractivity contribution in [3.8, 4) is 11.5 Å². The smallest absolute Gasteiger partial charge is 0.290 e. The Bertz CT molecular complexity index is 1290. The van der Waals surface area contributed by atoms with E-state index in [1.54, 1.807) is 30.7 Å². The number of ketones is 1. The number of phenolic OH excluding ortho intramolecular Hbond substituents is 1. The Morgan fingerprint density at radius 3 is 2.66 bits per heavy atom. The highest BCUT2D eigenvalue weighted by Crippen LogP contribution is 2.43. The molecule has 0 spiro atoms. The van der Waals surface area contributed by atoms with Gasteiger partial charge in [0.2, 0.25) is 0 Å². The van der Waals surface area contributed by atoms with Gasteiger partial charge in [0.1, 0.15) is 0 Å². The first-order valence-electron chi connectivity index (χ1n) is 10.9. The summed E-state index contributed by atoms with van der Waals surface area (Å²) in [5.41, 5.74) is 1.31. The summed E-state index contributed by atoms with van der Waals surface area (Å²) >= 11 is 3.31. The normalized spacial score (nSPS) is 15.9. The molecule has 2 aromatic carbocycles. The molecule has 0 saturated heterocycles. The summed E-state index contributed by atoms with van der Waals surface area (Å²) in [6.07, 6.45) is 8.74. The fraction of sp³-hybridized carbons (Fsp3) is 0.192. The number of aliphatic hydroxyl groups is 1. The van der Waals surface area contributed by atoms with E-state index >= 15 is 0 Å². The predicted molar refractivity (Wildman–Crippen MR) is 134 cm³/mol. The van der Waals surface area contributed by atoms with Crippen LogP contribution in [-0.2, 0) is 16.1 Å². The van der Waals surface area contributed by atoms with Crippen molar-refractivity contribution in [2.24, 2.45) is 0 Å². The zero-order valence-electron chi connectivity index (χ0n) is 19.0. The molecule has 8 nitrogen and oxygen atoms in total. The van der Waals surface area contributed by atoms with E-state index in [-0.39, 0.29) is 23.6 Å². The van der Waals surface area contributed by atoms with Gasteiger partial charge < -0.3 is 24.4 Å². The van der Waals surface area contributed by atoms with E-state index in [1.165, 1.54) is 18.1 Å². The number of aromatic hydroxyl groups is 1. The second kappa shape index (κ2) is 10.6. The number of benzene rings is 2. The number of amides is 1. The van der Waals surface area contributed by atoms with Crippen LogP contribution in [0.1, 0.15) is 23.6 Å². The molecule has 1 aliphatic heterocycles. The number of methoxy groups -OCH3 is 1. The number of ether oxygens (including phenoxy) is 1. The Morgan fingerprint density at radius 2 is 1.97 bits per heavy atom. The molecule has 0 fully saturated rings. The number of aliphatic hydroxyl groups excluding tert-OH is 1. The van der Waals surface area contributed by atoms with E-state index in [9.17, 15) is 19.8 Å². The van der Waals surface area contributed by atoms with Crippen LogP contribution in [0.4, 0.5) is 0 Å². The molecular formula is C26H24BrN3O5. The van der Waals surface area contributed by atoms with Gasteiger partial charge in [0.25, 0.3) is 5.91 Å². The lowest BCUT2D eigenvalue weighted by Gasteiger charge is -2.27. The van der Waals surface area contributed by atoms with E-state index < -0.39 is 23.5 Å². The minimum atomic E-state index is -0.857. The zero-order valence-corrected chi connectivity index (χ0v) is 20.6. The van der Waals surface area contributed by atoms with E-state index in [1.807, 2.05) is 41.1 Å². The van der Waals surface area contributed by atoms with Crippen molar-refractivity contribution in [3.63, 3.8) is 0 Å². The van der Waals surface area contributed by atoms with Crippen molar-refractivity contribution in [1.29, 1.82) is 0 Å². The maximum atomic E-state index is 13.3. The number of hydrogen-bond donors (Lipinski definition) is 2. The lowest BCUT2D eigenvalue weighted by molar-refractivity contribution is -0.129. The molecular weight excluding hydrogens is 514 g/mol. The van der Waals surface area contributed by atoms with Crippen molar-refractivity contribution in [3.05, 3.63) is 94.2 Å². The molecule has 0 bridgehead atoms. The Kier molecular flexibility index (Phi) is 7.36. The van der Waals surface area contributed by atoms with Crippen molar-refractivity contribution >= 4 is 33.7 Å². The van der Waals surface area contributed by atoms with Crippen LogP contribution in [-0.4, -0.2) is 50.0 Å². The summed E-state index contributed by atoms with van der Waals surface area (Å²) < 4.78 is 7.50. The van der Waals surface area contributed by atoms with E-state index in [0.29, 0.717) is 23.0 Å². The molecule has 4 rings (SSSR count). The standard InChI is InChI=1S/C26H24BrN3O5/c1-35-21-15-18(14-19(27)24(21)32)23-22(20(31)9-8-17-6-3-2-4-7-17)25(33)26(34)30(23)12-5-11-29-13-10-28-16-29/h2-4,6-10,13-16,23,32-33H,5,11-12H2,1H3. The third-order valence-corrected chi connectivity index (χ3v) is 6.36. The molecule has 2 N–H and O–H groups in total. The molecule has 1 aromatic heterocycles. The number of imidazole rings is 1. The maximum Gasteiger partial charge on any atom is 0.290 e. The van der Waals surface area contributed by atoms with Gasteiger partial charge >= 0.3 is 0 Å². The van der Waals surface area contributed by atoms with E-state index in [2.05, 4.69) is 20.9 Å². The summed E-state index contributed by atoms with van der Waals surface area (Å²) in [6.45, 7) is 0.892. The van der Waals surface area contributed by atoms with Gasteiger partial charge in [-0.15, -0.1) is 0 Å². The number of carbonyl (C=O) groups excluding carboxylic acids is 2. The molecule has 0 aliphatic carbocycles. The summed E-state index contributed by atoms with van der Waals surface area (Å²) in [6, 6.07) is 11.6. The number of hydrogen-bond acceptors (Lipinski definition) is 6. The second-order valence-corrected chi connectivity index (χ2v) is 8.83. The SMILES string of the molecule is COc1cc(C2C(C(=O)C=Cc3ccccc3)=C(O)C(=O)N2CCCn2ccnc2)cc(Br)c1O. The fourth-order valence-corrected chi connectivity index (χ4v) is 4.52. The Balaban J connectivity index is 1.69. The molecule has 1 unspecified atom stereocenters. The van der Waals surface area contributed by atoms with Crippen LogP contribution in [0, 0.1) is 0 Å². The number of nitrogens with zero attached hydrogens (tertiary/aromatic N) is 3. The Labute approximate surface area is 210 Å². The molecule has 2 heterocycles. The minimum absolute atomic E-state index is 0.0237. The largest absolute Gasteiger partial charge is 0.503 e. The monoisotopic (exact) mass is 537 g/mol. The average Bonchev–Trinajstić information content (AvgIpc) is 3.47. The molecule has 180 valence electrons. The number of carbonyl (C=O) groups is 2. The average molecular weight is 538 g/mol. The van der Waals surface area contributed by atoms with Gasteiger partial charge in [0.15, 0.2) is 23.0 Å². The van der Waals surface area contributed by atoms with Gasteiger partial charge in [-0.1, -0.05) is 36.4 Å². The van der Waals surface area contributed by atoms with Crippen LogP contribution in [0.5, 0.6) is 11.5 Å². The van der Waals surface area contributed by atoms with Crippen LogP contribution >= 0.6 is 15.9 Å². The number of phenols is 1. The second-order valence-electron chi connectivity index (χ2n) is 7.98. The highest BCUT2D eigenvalue weighted by atomic mass is 79.9. The molecule has 3 aromatic rings. The lowest BCUT2D eigenvalue weighted by atomic mass is 9.95. The first-order chi connectivity index (χ1) is 16.9. The van der Waals surface area contributed by atoms with Gasteiger partial charge in [0.05, 0.1) is 29.5 Å². The molecule has 35 heavy (non-hydrogen) atoms. The Hall–Kier alpha value is -3.85. The van der Waals surface area contributed by atoms with Gasteiger partial charge in [-0.3, -0.25) is 9.59 Å². The number of halogens is 1. The Morgan fingerprint density at radius 1 is 1.20 bits per heavy atom. The van der Waals surface area contributed by atoms with Crippen molar-refractivity contribution < 1.29 is 24.5 Å². The van der Waals surface area contributed by atoms with Crippen molar-refractivity contribution in [2.45, 2.75) is 19.0 Å². The lowest BCUT2D eigenvalue weighted by Crippen LogP contribution is -2.32. The van der Waals surface area contributed by atoms with E-state index in [0.717, 1.165) is 5.56 Å². The molecule has 1 amide bonds. The first-order valence-corrected chi connectivity index (χ1v) is 11.7. The highest BCUT2D eigenvalue weighted by molar-refractivity contribution is 9.10. The number of rotatable bonds is 9. The van der Waals surface area contributed by atoms with Crippen molar-refractivity contribution in [2.75, 3.05) is 13.7 Å². The number of aryl methyl sites for hydroxylation is 1. The summed E-state index contributed by atoms with van der Waals surface area (Å²) in [5.74, 6) is -1.61. The van der Waals surface area contributed by atoms with Crippen LogP contribution in [0.2, 0.25) is 0 Å². The molecule has 0 saturated carbocycles. The summed E-state index contributed by atoms with van der Waals surface area (Å²) in [7, 11) is 1.41. The number of allylic oxidation sites excluding steroid dienone is 1.